The highest BCUT2D eigenvalue weighted by molar-refractivity contribution is 9.10. The van der Waals surface area contributed by atoms with E-state index in [0.717, 1.165) is 28.8 Å². The van der Waals surface area contributed by atoms with E-state index in [2.05, 4.69) is 56.3 Å². The number of anilines is 2. The Kier molecular flexibility index (Phi) is 4.09. The molecule has 0 radical (unpaired) electrons. The van der Waals surface area contributed by atoms with E-state index in [-0.39, 0.29) is 0 Å². The molecule has 1 aromatic carbocycles. The van der Waals surface area contributed by atoms with Crippen LogP contribution in [0.2, 0.25) is 0 Å². The predicted molar refractivity (Wildman–Crippen MR) is 73.5 cm³/mol. The van der Waals surface area contributed by atoms with E-state index in [9.17, 15) is 0 Å². The van der Waals surface area contributed by atoms with Crippen molar-refractivity contribution in [2.45, 2.75) is 19.8 Å². The van der Waals surface area contributed by atoms with E-state index in [1.807, 2.05) is 6.07 Å². The van der Waals surface area contributed by atoms with Crippen LogP contribution in [0, 0.1) is 0 Å². The lowest BCUT2D eigenvalue weighted by molar-refractivity contribution is 0.923. The lowest BCUT2D eigenvalue weighted by atomic mass is 10.1. The first-order valence-corrected chi connectivity index (χ1v) is 6.41. The molecule has 0 saturated heterocycles. The molecule has 0 spiro atoms. The first-order valence-electron chi connectivity index (χ1n) is 5.61. The van der Waals surface area contributed by atoms with Gasteiger partial charge in [0.25, 0.3) is 0 Å². The van der Waals surface area contributed by atoms with Crippen molar-refractivity contribution in [3.8, 4) is 0 Å². The molecule has 0 fully saturated rings. The first-order chi connectivity index (χ1) is 8.31. The summed E-state index contributed by atoms with van der Waals surface area (Å²) in [6.07, 6.45) is 5.46. The van der Waals surface area contributed by atoms with Gasteiger partial charge < -0.3 is 5.32 Å². The number of halogens is 1. The highest BCUT2D eigenvalue weighted by Gasteiger charge is 2.04. The molecule has 17 heavy (non-hydrogen) atoms. The zero-order valence-corrected chi connectivity index (χ0v) is 11.2. The predicted octanol–water partition coefficient (Wildman–Crippen LogP) is 3.94. The van der Waals surface area contributed by atoms with E-state index >= 15 is 0 Å². The van der Waals surface area contributed by atoms with Crippen molar-refractivity contribution in [2.24, 2.45) is 0 Å². The third-order valence-corrected chi connectivity index (χ3v) is 3.04. The largest absolute Gasteiger partial charge is 0.339 e. The molecule has 0 aliphatic carbocycles. The number of nitrogens with zero attached hydrogens (tertiary/aromatic N) is 2. The van der Waals surface area contributed by atoms with Crippen molar-refractivity contribution in [3.05, 3.63) is 46.8 Å². The third kappa shape index (κ3) is 3.03. The number of nitrogens with one attached hydrogen (secondary N) is 1. The number of rotatable bonds is 4. The van der Waals surface area contributed by atoms with Crippen LogP contribution < -0.4 is 5.32 Å². The summed E-state index contributed by atoms with van der Waals surface area (Å²) in [6, 6.07) is 8.29. The Morgan fingerprint density at radius 1 is 1.29 bits per heavy atom. The van der Waals surface area contributed by atoms with Crippen LogP contribution >= 0.6 is 15.9 Å². The number of benzene rings is 1. The number of aromatic nitrogens is 2. The van der Waals surface area contributed by atoms with Gasteiger partial charge in [-0.25, -0.2) is 9.97 Å². The molecule has 0 unspecified atom stereocenters. The lowest BCUT2D eigenvalue weighted by Crippen LogP contribution is -1.98. The van der Waals surface area contributed by atoms with Gasteiger partial charge in [0.1, 0.15) is 12.1 Å². The normalized spacial score (nSPS) is 10.2. The fourth-order valence-electron chi connectivity index (χ4n) is 1.66. The fraction of sp³-hybridized carbons (Fsp3) is 0.231. The Hall–Kier alpha value is -1.42. The van der Waals surface area contributed by atoms with Crippen LogP contribution in [-0.2, 0) is 6.42 Å². The summed E-state index contributed by atoms with van der Waals surface area (Å²) in [7, 11) is 0. The average Bonchev–Trinajstić information content (AvgIpc) is 2.35. The monoisotopic (exact) mass is 291 g/mol. The Bertz CT molecular complexity index is 500. The van der Waals surface area contributed by atoms with Crippen LogP contribution in [-0.4, -0.2) is 9.97 Å². The van der Waals surface area contributed by atoms with Gasteiger partial charge in [-0.2, -0.15) is 0 Å². The molecule has 1 aromatic heterocycles. The van der Waals surface area contributed by atoms with Gasteiger partial charge in [-0.3, -0.25) is 0 Å². The van der Waals surface area contributed by atoms with Gasteiger partial charge in [-0.15, -0.1) is 0 Å². The molecule has 1 heterocycles. The number of hydrogen-bond acceptors (Lipinski definition) is 3. The summed E-state index contributed by atoms with van der Waals surface area (Å²) in [4.78, 5) is 8.15. The Morgan fingerprint density at radius 2 is 2.12 bits per heavy atom. The smallest absolute Gasteiger partial charge is 0.148 e. The van der Waals surface area contributed by atoms with Gasteiger partial charge in [0.05, 0.1) is 4.47 Å². The van der Waals surface area contributed by atoms with Crippen LogP contribution in [0.5, 0.6) is 0 Å². The third-order valence-electron chi connectivity index (χ3n) is 2.46. The number of para-hydroxylation sites is 1. The topological polar surface area (TPSA) is 37.8 Å². The molecule has 0 amide bonds. The van der Waals surface area contributed by atoms with E-state index < -0.39 is 0 Å². The van der Waals surface area contributed by atoms with Crippen molar-refractivity contribution in [1.29, 1.82) is 0 Å². The van der Waals surface area contributed by atoms with Gasteiger partial charge in [-0.1, -0.05) is 31.5 Å². The van der Waals surface area contributed by atoms with Crippen molar-refractivity contribution < 1.29 is 0 Å². The summed E-state index contributed by atoms with van der Waals surface area (Å²) < 4.78 is 0.867. The van der Waals surface area contributed by atoms with Crippen molar-refractivity contribution in [2.75, 3.05) is 5.32 Å². The van der Waals surface area contributed by atoms with Gasteiger partial charge >= 0.3 is 0 Å². The molecule has 4 heteroatoms. The SMILES string of the molecule is CCCc1ccccc1Nc1ncncc1Br. The second-order valence-corrected chi connectivity index (χ2v) is 4.61. The minimum Gasteiger partial charge on any atom is -0.339 e. The zero-order valence-electron chi connectivity index (χ0n) is 9.65. The van der Waals surface area contributed by atoms with E-state index in [4.69, 9.17) is 0 Å². The van der Waals surface area contributed by atoms with Crippen molar-refractivity contribution in [3.63, 3.8) is 0 Å². The Balaban J connectivity index is 2.27. The standard InChI is InChI=1S/C13H14BrN3/c1-2-5-10-6-3-4-7-12(10)17-13-11(14)8-15-9-16-13/h3-4,6-9H,2,5H2,1H3,(H,15,16,17). The molecule has 0 atom stereocenters. The average molecular weight is 292 g/mol. The minimum atomic E-state index is 0.795. The van der Waals surface area contributed by atoms with Crippen molar-refractivity contribution in [1.82, 2.24) is 9.97 Å². The quantitative estimate of drug-likeness (QED) is 0.927. The molecule has 0 bridgehead atoms. The van der Waals surface area contributed by atoms with Gasteiger partial charge in [0.2, 0.25) is 0 Å². The molecule has 1 N–H and O–H groups in total. The summed E-state index contributed by atoms with van der Waals surface area (Å²) in [5, 5.41) is 3.33. The first kappa shape index (κ1) is 12.0. The maximum absolute atomic E-state index is 4.21. The van der Waals surface area contributed by atoms with Gasteiger partial charge in [-0.05, 0) is 34.0 Å². The second-order valence-electron chi connectivity index (χ2n) is 3.75. The molecule has 2 aromatic rings. The zero-order chi connectivity index (χ0) is 12.1. The van der Waals surface area contributed by atoms with Gasteiger partial charge in [0, 0.05) is 11.9 Å². The van der Waals surface area contributed by atoms with E-state index in [0.29, 0.717) is 0 Å². The number of hydrogen-bond donors (Lipinski definition) is 1. The molecular weight excluding hydrogens is 278 g/mol. The number of aryl methyl sites for hydroxylation is 1. The van der Waals surface area contributed by atoms with Crippen LogP contribution in [0.4, 0.5) is 11.5 Å². The van der Waals surface area contributed by atoms with Crippen molar-refractivity contribution >= 4 is 27.4 Å². The Labute approximate surface area is 109 Å². The van der Waals surface area contributed by atoms with E-state index in [1.165, 1.54) is 11.9 Å². The summed E-state index contributed by atoms with van der Waals surface area (Å²) >= 11 is 3.43. The maximum atomic E-state index is 4.21. The molecule has 2 rings (SSSR count). The van der Waals surface area contributed by atoms with Crippen LogP contribution in [0.15, 0.2) is 41.3 Å². The molecule has 88 valence electrons. The Morgan fingerprint density at radius 3 is 2.88 bits per heavy atom. The fourth-order valence-corrected chi connectivity index (χ4v) is 1.98. The van der Waals surface area contributed by atoms with E-state index in [1.54, 1.807) is 6.20 Å². The molecular formula is C13H14BrN3. The maximum Gasteiger partial charge on any atom is 0.148 e. The van der Waals surface area contributed by atoms with Crippen LogP contribution in [0.25, 0.3) is 0 Å². The van der Waals surface area contributed by atoms with Crippen LogP contribution in [0.3, 0.4) is 0 Å². The molecule has 0 aliphatic heterocycles. The summed E-state index contributed by atoms with van der Waals surface area (Å²) in [6.45, 7) is 2.18. The summed E-state index contributed by atoms with van der Waals surface area (Å²) in [5.41, 5.74) is 2.41. The highest BCUT2D eigenvalue weighted by Crippen LogP contribution is 2.25. The molecule has 0 aliphatic rings. The van der Waals surface area contributed by atoms with Gasteiger partial charge in [0.15, 0.2) is 0 Å². The molecule has 3 nitrogen and oxygen atoms in total. The lowest BCUT2D eigenvalue weighted by Gasteiger charge is -2.11. The van der Waals surface area contributed by atoms with Crippen LogP contribution in [0.1, 0.15) is 18.9 Å². The highest BCUT2D eigenvalue weighted by atomic mass is 79.9. The molecule has 0 saturated carbocycles. The second kappa shape index (κ2) is 5.77. The summed E-state index contributed by atoms with van der Waals surface area (Å²) in [5.74, 6) is 0.795. The minimum absolute atomic E-state index is 0.795.